The monoisotopic (exact) mass is 421 g/mol. The second kappa shape index (κ2) is 10.1. The predicted molar refractivity (Wildman–Crippen MR) is 125 cm³/mol. The van der Waals surface area contributed by atoms with E-state index in [2.05, 4.69) is 42.2 Å². The van der Waals surface area contributed by atoms with Crippen LogP contribution in [0.2, 0.25) is 0 Å². The van der Waals surface area contributed by atoms with Gasteiger partial charge in [-0.2, -0.15) is 0 Å². The molecule has 0 unspecified atom stereocenters. The minimum Gasteiger partial charge on any atom is -0.494 e. The Morgan fingerprint density at radius 2 is 1.68 bits per heavy atom. The molecule has 3 N–H and O–H groups in total. The van der Waals surface area contributed by atoms with E-state index < -0.39 is 0 Å². The maximum absolute atomic E-state index is 13.3. The first kappa shape index (κ1) is 21.6. The molecule has 3 aromatic rings. The molecule has 2 heterocycles. The maximum atomic E-state index is 13.3. The van der Waals surface area contributed by atoms with Crippen molar-refractivity contribution in [3.63, 3.8) is 0 Å². The summed E-state index contributed by atoms with van der Waals surface area (Å²) in [5, 5.41) is 0.738. The van der Waals surface area contributed by atoms with Crippen molar-refractivity contribution in [1.29, 1.82) is 0 Å². The fourth-order valence-electron chi connectivity index (χ4n) is 4.51. The molecule has 4 rings (SSSR count). The third-order valence-corrected chi connectivity index (χ3v) is 6.44. The number of piperazine rings is 1. The van der Waals surface area contributed by atoms with E-state index in [0.29, 0.717) is 6.61 Å². The first-order valence-corrected chi connectivity index (χ1v) is 11.6. The Hall–Kier alpha value is -2.63. The molecule has 0 saturated carbocycles. The number of H-pyrrole nitrogens is 1. The molecule has 5 heteroatoms. The van der Waals surface area contributed by atoms with Gasteiger partial charge in [-0.1, -0.05) is 43.7 Å². The molecular formula is C26H35N3O2+2. The summed E-state index contributed by atoms with van der Waals surface area (Å²) in [5.74, 6) is 0.784. The van der Waals surface area contributed by atoms with Gasteiger partial charge < -0.3 is 19.5 Å². The Bertz CT molecular complexity index is 1050. The van der Waals surface area contributed by atoms with Gasteiger partial charge in [-0.25, -0.2) is 0 Å². The van der Waals surface area contributed by atoms with E-state index in [0.717, 1.165) is 80.0 Å². The molecular weight excluding hydrogens is 386 g/mol. The molecule has 1 aromatic heterocycles. The van der Waals surface area contributed by atoms with Gasteiger partial charge in [-0.3, -0.25) is 4.79 Å². The van der Waals surface area contributed by atoms with E-state index in [1.165, 1.54) is 10.5 Å². The molecule has 164 valence electrons. The van der Waals surface area contributed by atoms with Crippen LogP contribution in [-0.2, 0) is 13.1 Å². The summed E-state index contributed by atoms with van der Waals surface area (Å²) in [6.45, 7) is 11.2. The van der Waals surface area contributed by atoms with E-state index in [-0.39, 0.29) is 5.43 Å². The number of aromatic nitrogens is 1. The molecule has 31 heavy (non-hydrogen) atoms. The molecule has 0 atom stereocenters. The lowest BCUT2D eigenvalue weighted by Crippen LogP contribution is -3.27. The highest BCUT2D eigenvalue weighted by atomic mass is 16.5. The third-order valence-electron chi connectivity index (χ3n) is 6.44. The number of pyridine rings is 1. The average Bonchev–Trinajstić information content (AvgIpc) is 2.79. The summed E-state index contributed by atoms with van der Waals surface area (Å²) in [5.41, 5.74) is 4.35. The van der Waals surface area contributed by atoms with E-state index >= 15 is 0 Å². The van der Waals surface area contributed by atoms with Gasteiger partial charge in [0.1, 0.15) is 45.0 Å². The van der Waals surface area contributed by atoms with Crippen LogP contribution in [0.1, 0.15) is 36.6 Å². The van der Waals surface area contributed by atoms with Gasteiger partial charge in [0.05, 0.1) is 12.2 Å². The number of unbranched alkanes of at least 4 members (excludes halogenated alkanes) is 1. The van der Waals surface area contributed by atoms with Crippen LogP contribution in [0.4, 0.5) is 0 Å². The second-order valence-electron chi connectivity index (χ2n) is 8.81. The highest BCUT2D eigenvalue weighted by Crippen LogP contribution is 2.19. The van der Waals surface area contributed by atoms with Gasteiger partial charge in [0.15, 0.2) is 5.43 Å². The normalized spacial score (nSPS) is 18.9. The van der Waals surface area contributed by atoms with Crippen LogP contribution >= 0.6 is 0 Å². The van der Waals surface area contributed by atoms with Crippen molar-refractivity contribution in [2.24, 2.45) is 0 Å². The maximum Gasteiger partial charge on any atom is 0.198 e. The van der Waals surface area contributed by atoms with Crippen molar-refractivity contribution in [3.8, 4) is 5.75 Å². The Morgan fingerprint density at radius 1 is 0.968 bits per heavy atom. The third kappa shape index (κ3) is 5.35. The van der Waals surface area contributed by atoms with E-state index in [4.69, 9.17) is 4.74 Å². The molecule has 1 aliphatic heterocycles. The predicted octanol–water partition coefficient (Wildman–Crippen LogP) is 1.50. The molecule has 0 aliphatic carbocycles. The Balaban J connectivity index is 1.43. The van der Waals surface area contributed by atoms with Crippen LogP contribution in [0.5, 0.6) is 5.75 Å². The highest BCUT2D eigenvalue weighted by molar-refractivity contribution is 5.81. The molecule has 1 fully saturated rings. The number of aryl methyl sites for hydroxylation is 1. The van der Waals surface area contributed by atoms with Crippen molar-refractivity contribution >= 4 is 10.9 Å². The van der Waals surface area contributed by atoms with Gasteiger partial charge in [-0.05, 0) is 31.5 Å². The first-order chi connectivity index (χ1) is 15.1. The van der Waals surface area contributed by atoms with Crippen molar-refractivity contribution in [3.05, 3.63) is 75.6 Å². The fraction of sp³-hybridized carbons (Fsp3) is 0.423. The van der Waals surface area contributed by atoms with Crippen molar-refractivity contribution in [1.82, 2.24) is 4.98 Å². The van der Waals surface area contributed by atoms with Gasteiger partial charge >= 0.3 is 0 Å². The summed E-state index contributed by atoms with van der Waals surface area (Å²) in [6.07, 6.45) is 2.12. The minimum atomic E-state index is 0.152. The summed E-state index contributed by atoms with van der Waals surface area (Å²) in [6, 6.07) is 16.6. The lowest BCUT2D eigenvalue weighted by molar-refractivity contribution is -1.02. The zero-order chi connectivity index (χ0) is 21.6. The first-order valence-electron chi connectivity index (χ1n) is 11.6. The van der Waals surface area contributed by atoms with Gasteiger partial charge in [0.25, 0.3) is 0 Å². The number of rotatable bonds is 8. The largest absolute Gasteiger partial charge is 0.494 e. The van der Waals surface area contributed by atoms with Gasteiger partial charge in [0, 0.05) is 22.2 Å². The Kier molecular flexibility index (Phi) is 7.05. The number of hydrogen-bond acceptors (Lipinski definition) is 2. The van der Waals surface area contributed by atoms with E-state index in [1.807, 2.05) is 25.1 Å². The summed E-state index contributed by atoms with van der Waals surface area (Å²) in [7, 11) is 0. The lowest BCUT2D eigenvalue weighted by Gasteiger charge is -2.30. The number of benzene rings is 2. The summed E-state index contributed by atoms with van der Waals surface area (Å²) in [4.78, 5) is 19.9. The van der Waals surface area contributed by atoms with Crippen LogP contribution in [-0.4, -0.2) is 37.8 Å². The average molecular weight is 422 g/mol. The molecule has 0 bridgehead atoms. The Morgan fingerprint density at radius 3 is 2.39 bits per heavy atom. The SMILES string of the molecule is CCCCOc1ccc2[nH]c(C)c(C[NH+]3CC[NH+](Cc4ccccc4)CC3)c(=O)c2c1. The highest BCUT2D eigenvalue weighted by Gasteiger charge is 2.25. The number of fused-ring (bicyclic) bond motifs is 1. The van der Waals surface area contributed by atoms with Crippen LogP contribution in [0.3, 0.4) is 0 Å². The van der Waals surface area contributed by atoms with Crippen LogP contribution < -0.4 is 20.0 Å². The van der Waals surface area contributed by atoms with Crippen LogP contribution in [0.25, 0.3) is 10.9 Å². The summed E-state index contributed by atoms with van der Waals surface area (Å²) >= 11 is 0. The Labute approximate surface area is 184 Å². The van der Waals surface area contributed by atoms with Crippen LogP contribution in [0.15, 0.2) is 53.3 Å². The zero-order valence-corrected chi connectivity index (χ0v) is 18.8. The second-order valence-corrected chi connectivity index (χ2v) is 8.81. The smallest absolute Gasteiger partial charge is 0.198 e. The molecule has 5 nitrogen and oxygen atoms in total. The quantitative estimate of drug-likeness (QED) is 0.483. The van der Waals surface area contributed by atoms with Crippen molar-refractivity contribution < 1.29 is 14.5 Å². The topological polar surface area (TPSA) is 51.0 Å². The molecule has 2 aromatic carbocycles. The summed E-state index contributed by atoms with van der Waals surface area (Å²) < 4.78 is 5.83. The molecule has 1 aliphatic rings. The molecule has 0 radical (unpaired) electrons. The lowest BCUT2D eigenvalue weighted by atomic mass is 10.1. The minimum absolute atomic E-state index is 0.152. The van der Waals surface area contributed by atoms with Crippen molar-refractivity contribution in [2.45, 2.75) is 39.8 Å². The van der Waals surface area contributed by atoms with Crippen molar-refractivity contribution in [2.75, 3.05) is 32.8 Å². The number of aromatic amines is 1. The number of nitrogens with one attached hydrogen (secondary N) is 3. The standard InChI is InChI=1S/C26H33N3O2/c1-3-4-16-31-22-10-11-25-23(17-22)26(30)24(20(2)27-25)19-29-14-12-28(13-15-29)18-21-8-6-5-7-9-21/h5-11,17H,3-4,12-16,18-19H2,1-2H3,(H,27,30)/p+2. The number of ether oxygens (including phenoxy) is 1. The molecule has 1 saturated heterocycles. The number of quaternary nitrogens is 2. The fourth-order valence-corrected chi connectivity index (χ4v) is 4.51. The van der Waals surface area contributed by atoms with Crippen LogP contribution in [0, 0.1) is 6.92 Å². The zero-order valence-electron chi connectivity index (χ0n) is 18.8. The van der Waals surface area contributed by atoms with Gasteiger partial charge in [-0.15, -0.1) is 0 Å². The molecule has 0 amide bonds. The van der Waals surface area contributed by atoms with Gasteiger partial charge in [0.2, 0.25) is 0 Å². The van der Waals surface area contributed by atoms with E-state index in [9.17, 15) is 4.79 Å². The number of hydrogen-bond donors (Lipinski definition) is 3. The van der Waals surface area contributed by atoms with E-state index in [1.54, 1.807) is 4.90 Å². The molecule has 0 spiro atoms.